The number of aromatic nitrogens is 1. The topological polar surface area (TPSA) is 94.3 Å². The molecule has 0 aliphatic heterocycles. The Kier molecular flexibility index (Phi) is 5.22. The van der Waals surface area contributed by atoms with Gasteiger partial charge in [-0.1, -0.05) is 6.92 Å². The molecule has 0 radical (unpaired) electrons. The van der Waals surface area contributed by atoms with Gasteiger partial charge in [-0.2, -0.15) is 4.37 Å². The van der Waals surface area contributed by atoms with E-state index in [4.69, 9.17) is 10.5 Å². The van der Waals surface area contributed by atoms with Gasteiger partial charge in [0.1, 0.15) is 9.90 Å². The summed E-state index contributed by atoms with van der Waals surface area (Å²) < 4.78 is 33.3. The summed E-state index contributed by atoms with van der Waals surface area (Å²) in [4.78, 5) is 0.142. The van der Waals surface area contributed by atoms with Crippen molar-refractivity contribution >= 4 is 32.2 Å². The van der Waals surface area contributed by atoms with Crippen molar-refractivity contribution in [2.75, 3.05) is 36.6 Å². The molecule has 114 valence electrons. The van der Waals surface area contributed by atoms with Crippen LogP contribution in [0.3, 0.4) is 0 Å². The van der Waals surface area contributed by atoms with E-state index in [2.05, 4.69) is 9.69 Å². The maximum absolute atomic E-state index is 11.9. The predicted molar refractivity (Wildman–Crippen MR) is 80.9 cm³/mol. The summed E-state index contributed by atoms with van der Waals surface area (Å²) in [5.41, 5.74) is 5.65. The molecule has 1 fully saturated rings. The average Bonchev–Trinajstić information content (AvgIpc) is 3.16. The van der Waals surface area contributed by atoms with Crippen molar-refractivity contribution < 1.29 is 13.2 Å². The van der Waals surface area contributed by atoms with E-state index in [-0.39, 0.29) is 16.5 Å². The van der Waals surface area contributed by atoms with Gasteiger partial charge in [-0.05, 0) is 36.7 Å². The lowest BCUT2D eigenvalue weighted by Crippen LogP contribution is -2.11. The van der Waals surface area contributed by atoms with Crippen LogP contribution >= 0.6 is 11.5 Å². The first-order valence-corrected chi connectivity index (χ1v) is 9.26. The molecule has 0 amide bonds. The molecule has 0 bridgehead atoms. The highest BCUT2D eigenvalue weighted by molar-refractivity contribution is 7.91. The highest BCUT2D eigenvalue weighted by Gasteiger charge is 2.23. The zero-order valence-corrected chi connectivity index (χ0v) is 13.2. The fourth-order valence-electron chi connectivity index (χ4n) is 1.76. The number of sulfone groups is 1. The Morgan fingerprint density at radius 1 is 1.50 bits per heavy atom. The number of nitrogens with two attached hydrogens (primary N) is 1. The molecule has 0 aromatic carbocycles. The van der Waals surface area contributed by atoms with E-state index in [9.17, 15) is 8.42 Å². The number of hydrogen-bond donors (Lipinski definition) is 2. The molecule has 6 nitrogen and oxygen atoms in total. The molecular weight excluding hydrogens is 298 g/mol. The van der Waals surface area contributed by atoms with Crippen LogP contribution in [0.4, 0.5) is 10.8 Å². The standard InChI is InChI=1S/C12H21N3O3S2/c1-2-20(16,17)10-11(13)15-19-12(10)14-6-3-7-18-8-9-4-5-9/h9,14H,2-8H2,1H3,(H2,13,15). The SMILES string of the molecule is CCS(=O)(=O)c1c(N)nsc1NCCCOCC1CC1. The van der Waals surface area contributed by atoms with E-state index < -0.39 is 9.84 Å². The summed E-state index contributed by atoms with van der Waals surface area (Å²) in [6, 6.07) is 0. The number of ether oxygens (including phenoxy) is 1. The second-order valence-electron chi connectivity index (χ2n) is 4.93. The molecule has 1 heterocycles. The molecule has 20 heavy (non-hydrogen) atoms. The minimum atomic E-state index is -3.34. The van der Waals surface area contributed by atoms with E-state index >= 15 is 0 Å². The minimum Gasteiger partial charge on any atom is -0.382 e. The minimum absolute atomic E-state index is 0.0226. The molecule has 8 heteroatoms. The molecule has 1 aromatic rings. The van der Waals surface area contributed by atoms with Gasteiger partial charge in [0.15, 0.2) is 15.7 Å². The molecule has 0 unspecified atom stereocenters. The second kappa shape index (κ2) is 6.73. The van der Waals surface area contributed by atoms with Crippen molar-refractivity contribution in [3.63, 3.8) is 0 Å². The third-order valence-corrected chi connectivity index (χ3v) is 5.91. The Morgan fingerprint density at radius 3 is 2.90 bits per heavy atom. The van der Waals surface area contributed by atoms with Crippen molar-refractivity contribution in [2.45, 2.75) is 31.1 Å². The molecule has 1 aliphatic rings. The summed E-state index contributed by atoms with van der Waals surface area (Å²) >= 11 is 1.09. The highest BCUT2D eigenvalue weighted by Crippen LogP contribution is 2.32. The van der Waals surface area contributed by atoms with Crippen molar-refractivity contribution in [3.8, 4) is 0 Å². The Labute approximate surface area is 123 Å². The molecule has 1 aromatic heterocycles. The molecular formula is C12H21N3O3S2. The lowest BCUT2D eigenvalue weighted by atomic mass is 10.4. The summed E-state index contributed by atoms with van der Waals surface area (Å²) in [5.74, 6) is 0.879. The third-order valence-electron chi connectivity index (χ3n) is 3.17. The van der Waals surface area contributed by atoms with Crippen LogP contribution in [-0.4, -0.2) is 38.3 Å². The van der Waals surface area contributed by atoms with Gasteiger partial charge in [0.2, 0.25) is 0 Å². The average molecular weight is 319 g/mol. The third kappa shape index (κ3) is 4.07. The van der Waals surface area contributed by atoms with Gasteiger partial charge in [0.25, 0.3) is 0 Å². The first-order valence-electron chi connectivity index (χ1n) is 6.84. The second-order valence-corrected chi connectivity index (χ2v) is 7.92. The predicted octanol–water partition coefficient (Wildman–Crippen LogP) is 1.75. The molecule has 1 saturated carbocycles. The van der Waals surface area contributed by atoms with Crippen LogP contribution in [0.1, 0.15) is 26.2 Å². The molecule has 3 N–H and O–H groups in total. The lowest BCUT2D eigenvalue weighted by Gasteiger charge is -2.07. The number of nitrogen functional groups attached to an aromatic ring is 1. The van der Waals surface area contributed by atoms with E-state index in [1.54, 1.807) is 6.92 Å². The number of anilines is 2. The van der Waals surface area contributed by atoms with Crippen molar-refractivity contribution in [1.82, 2.24) is 4.37 Å². The zero-order valence-electron chi connectivity index (χ0n) is 11.6. The first-order chi connectivity index (χ1) is 9.54. The molecule has 1 aliphatic carbocycles. The smallest absolute Gasteiger partial charge is 0.184 e. The number of nitrogens with one attached hydrogen (secondary N) is 1. The fourth-order valence-corrected chi connectivity index (χ4v) is 3.96. The van der Waals surface area contributed by atoms with Crippen molar-refractivity contribution in [1.29, 1.82) is 0 Å². The van der Waals surface area contributed by atoms with Crippen LogP contribution in [0.5, 0.6) is 0 Å². The van der Waals surface area contributed by atoms with Crippen LogP contribution in [0.25, 0.3) is 0 Å². The summed E-state index contributed by atoms with van der Waals surface area (Å²) in [7, 11) is -3.34. The maximum Gasteiger partial charge on any atom is 0.184 e. The van der Waals surface area contributed by atoms with Gasteiger partial charge in [0.05, 0.1) is 5.75 Å². The highest BCUT2D eigenvalue weighted by atomic mass is 32.2. The van der Waals surface area contributed by atoms with Gasteiger partial charge < -0.3 is 15.8 Å². The Hall–Kier alpha value is -0.860. The zero-order chi connectivity index (χ0) is 14.6. The van der Waals surface area contributed by atoms with Crippen LogP contribution in [0.2, 0.25) is 0 Å². The number of hydrogen-bond acceptors (Lipinski definition) is 7. The van der Waals surface area contributed by atoms with Crippen LogP contribution in [-0.2, 0) is 14.6 Å². The van der Waals surface area contributed by atoms with Crippen LogP contribution < -0.4 is 11.1 Å². The van der Waals surface area contributed by atoms with E-state index in [0.717, 1.165) is 30.5 Å². The van der Waals surface area contributed by atoms with Gasteiger partial charge >= 0.3 is 0 Å². The van der Waals surface area contributed by atoms with E-state index in [0.29, 0.717) is 18.2 Å². The van der Waals surface area contributed by atoms with Gasteiger partial charge in [0, 0.05) is 19.8 Å². The maximum atomic E-state index is 11.9. The van der Waals surface area contributed by atoms with Crippen molar-refractivity contribution in [2.24, 2.45) is 5.92 Å². The first kappa shape index (κ1) is 15.5. The fraction of sp³-hybridized carbons (Fsp3) is 0.750. The number of rotatable bonds is 9. The largest absolute Gasteiger partial charge is 0.382 e. The van der Waals surface area contributed by atoms with Gasteiger partial charge in [-0.15, -0.1) is 0 Å². The van der Waals surface area contributed by atoms with E-state index in [1.807, 2.05) is 0 Å². The molecule has 0 saturated heterocycles. The summed E-state index contributed by atoms with van der Waals surface area (Å²) in [5, 5.41) is 3.63. The molecule has 0 atom stereocenters. The monoisotopic (exact) mass is 319 g/mol. The lowest BCUT2D eigenvalue weighted by molar-refractivity contribution is 0.124. The van der Waals surface area contributed by atoms with Crippen LogP contribution in [0.15, 0.2) is 4.90 Å². The molecule has 2 rings (SSSR count). The van der Waals surface area contributed by atoms with Gasteiger partial charge in [-0.3, -0.25) is 0 Å². The quantitative estimate of drug-likeness (QED) is 0.673. The normalized spacial score (nSPS) is 15.4. The Morgan fingerprint density at radius 2 is 2.25 bits per heavy atom. The van der Waals surface area contributed by atoms with Crippen molar-refractivity contribution in [3.05, 3.63) is 0 Å². The van der Waals surface area contributed by atoms with Crippen LogP contribution in [0, 0.1) is 5.92 Å². The van der Waals surface area contributed by atoms with Gasteiger partial charge in [-0.25, -0.2) is 8.42 Å². The summed E-state index contributed by atoms with van der Waals surface area (Å²) in [6.07, 6.45) is 3.41. The Bertz CT molecular complexity index is 538. The van der Waals surface area contributed by atoms with E-state index in [1.165, 1.54) is 12.8 Å². The number of nitrogens with zero attached hydrogens (tertiary/aromatic N) is 1. The summed E-state index contributed by atoms with van der Waals surface area (Å²) in [6.45, 7) is 3.79. The molecule has 0 spiro atoms. The Balaban J connectivity index is 1.80.